The Balaban J connectivity index is 1.71. The van der Waals surface area contributed by atoms with E-state index < -0.39 is 0 Å². The van der Waals surface area contributed by atoms with Crippen LogP contribution in [0.4, 0.5) is 0 Å². The van der Waals surface area contributed by atoms with E-state index in [1.165, 1.54) is 11.3 Å². The van der Waals surface area contributed by atoms with Crippen molar-refractivity contribution < 1.29 is 5.11 Å². The monoisotopic (exact) mass is 387 g/mol. The molecule has 0 bridgehead atoms. The van der Waals surface area contributed by atoms with Gasteiger partial charge < -0.3 is 9.67 Å². The fraction of sp³-hybridized carbons (Fsp3) is 0.0909. The summed E-state index contributed by atoms with van der Waals surface area (Å²) in [7, 11) is 0. The minimum absolute atomic E-state index is 0.0455. The zero-order valence-corrected chi connectivity index (χ0v) is 16.2. The summed E-state index contributed by atoms with van der Waals surface area (Å²) in [6.07, 6.45) is 1.93. The molecule has 5 aromatic rings. The second-order valence-electron chi connectivity index (χ2n) is 6.82. The Morgan fingerprint density at radius 3 is 2.71 bits per heavy atom. The van der Waals surface area contributed by atoms with E-state index in [4.69, 9.17) is 0 Å². The molecule has 5 rings (SSSR count). The number of phenols is 1. The summed E-state index contributed by atoms with van der Waals surface area (Å²) in [4.78, 5) is 18.3. The first-order valence-electron chi connectivity index (χ1n) is 8.93. The first kappa shape index (κ1) is 16.8. The van der Waals surface area contributed by atoms with Crippen LogP contribution in [0.1, 0.15) is 17.0 Å². The van der Waals surface area contributed by atoms with Crippen molar-refractivity contribution in [2.75, 3.05) is 0 Å². The number of hydrogen-bond donors (Lipinski definition) is 1. The molecule has 5 nitrogen and oxygen atoms in total. The van der Waals surface area contributed by atoms with Gasteiger partial charge in [0.25, 0.3) is 5.56 Å². The molecule has 0 fully saturated rings. The highest BCUT2D eigenvalue weighted by Gasteiger charge is 2.13. The second kappa shape index (κ2) is 6.07. The minimum Gasteiger partial charge on any atom is -0.508 e. The molecule has 28 heavy (non-hydrogen) atoms. The lowest BCUT2D eigenvalue weighted by Crippen LogP contribution is -2.22. The zero-order chi connectivity index (χ0) is 19.4. The van der Waals surface area contributed by atoms with Gasteiger partial charge in [0, 0.05) is 23.1 Å². The Kier molecular flexibility index (Phi) is 3.64. The third kappa shape index (κ3) is 2.46. The molecular weight excluding hydrogens is 370 g/mol. The van der Waals surface area contributed by atoms with Crippen molar-refractivity contribution in [1.29, 1.82) is 0 Å². The van der Waals surface area contributed by atoms with E-state index >= 15 is 0 Å². The molecule has 0 saturated heterocycles. The fourth-order valence-corrected chi connectivity index (χ4v) is 4.69. The molecule has 3 heterocycles. The molecule has 0 aliphatic carbocycles. The number of aromatic hydroxyl groups is 1. The number of imidazole rings is 1. The van der Waals surface area contributed by atoms with Gasteiger partial charge in [0.15, 0.2) is 4.96 Å². The predicted octanol–water partition coefficient (Wildman–Crippen LogP) is 3.57. The molecular formula is C22H17N3O2S. The number of nitrogens with zero attached hydrogens (tertiary/aromatic N) is 3. The van der Waals surface area contributed by atoms with Crippen LogP contribution in [0.5, 0.6) is 5.75 Å². The number of aromatic nitrogens is 3. The third-order valence-corrected chi connectivity index (χ3v) is 5.96. The van der Waals surface area contributed by atoms with E-state index in [1.807, 2.05) is 56.3 Å². The van der Waals surface area contributed by atoms with Crippen LogP contribution in [0, 0.1) is 13.8 Å². The largest absolute Gasteiger partial charge is 0.508 e. The van der Waals surface area contributed by atoms with Crippen molar-refractivity contribution in [1.82, 2.24) is 14.0 Å². The summed E-state index contributed by atoms with van der Waals surface area (Å²) >= 11 is 1.40. The predicted molar refractivity (Wildman–Crippen MR) is 113 cm³/mol. The van der Waals surface area contributed by atoms with E-state index in [0.717, 1.165) is 33.7 Å². The van der Waals surface area contributed by atoms with Gasteiger partial charge in [-0.25, -0.2) is 9.38 Å². The van der Waals surface area contributed by atoms with E-state index in [-0.39, 0.29) is 11.3 Å². The fourth-order valence-electron chi connectivity index (χ4n) is 3.72. The Hall–Kier alpha value is -3.38. The highest BCUT2D eigenvalue weighted by molar-refractivity contribution is 7.15. The van der Waals surface area contributed by atoms with Gasteiger partial charge in [-0.2, -0.15) is 0 Å². The number of hydrogen-bond acceptors (Lipinski definition) is 4. The summed E-state index contributed by atoms with van der Waals surface area (Å²) < 4.78 is 4.41. The van der Waals surface area contributed by atoms with Crippen molar-refractivity contribution in [3.05, 3.63) is 86.4 Å². The molecule has 1 N–H and O–H groups in total. The Morgan fingerprint density at radius 2 is 1.89 bits per heavy atom. The maximum Gasteiger partial charge on any atom is 0.274 e. The number of fused-ring (bicyclic) bond motifs is 3. The van der Waals surface area contributed by atoms with Crippen LogP contribution in [0.3, 0.4) is 0 Å². The zero-order valence-electron chi connectivity index (χ0n) is 15.4. The Morgan fingerprint density at radius 1 is 1.07 bits per heavy atom. The molecule has 138 valence electrons. The highest BCUT2D eigenvalue weighted by atomic mass is 32.1. The van der Waals surface area contributed by atoms with E-state index in [9.17, 15) is 9.90 Å². The van der Waals surface area contributed by atoms with Crippen LogP contribution in [-0.4, -0.2) is 19.1 Å². The van der Waals surface area contributed by atoms with Gasteiger partial charge in [-0.1, -0.05) is 29.5 Å². The molecule has 2 aromatic carbocycles. The number of phenolic OH excluding ortho intramolecular Hbond substituents is 1. The lowest BCUT2D eigenvalue weighted by atomic mass is 10.2. The lowest BCUT2D eigenvalue weighted by Gasteiger charge is -2.09. The van der Waals surface area contributed by atoms with Crippen LogP contribution in [0.25, 0.3) is 27.8 Å². The number of rotatable bonds is 2. The maximum absolute atomic E-state index is 13.0. The van der Waals surface area contributed by atoms with Crippen LogP contribution in [-0.2, 0) is 0 Å². The van der Waals surface area contributed by atoms with Gasteiger partial charge in [-0.3, -0.25) is 4.79 Å². The van der Waals surface area contributed by atoms with Gasteiger partial charge in [0.1, 0.15) is 5.75 Å². The summed E-state index contributed by atoms with van der Waals surface area (Å²) in [5.41, 5.74) is 5.54. The van der Waals surface area contributed by atoms with Crippen molar-refractivity contribution in [2.24, 2.45) is 0 Å². The minimum atomic E-state index is -0.0455. The van der Waals surface area contributed by atoms with Crippen molar-refractivity contribution >= 4 is 33.4 Å². The van der Waals surface area contributed by atoms with Crippen LogP contribution >= 0.6 is 11.3 Å². The van der Waals surface area contributed by atoms with E-state index in [0.29, 0.717) is 9.49 Å². The van der Waals surface area contributed by atoms with Crippen molar-refractivity contribution in [2.45, 2.75) is 13.8 Å². The lowest BCUT2D eigenvalue weighted by molar-refractivity contribution is 0.475. The summed E-state index contributed by atoms with van der Waals surface area (Å²) in [6, 6.07) is 16.9. The summed E-state index contributed by atoms with van der Waals surface area (Å²) in [5, 5.41) is 9.81. The molecule has 3 aromatic heterocycles. The molecule has 0 unspecified atom stereocenters. The van der Waals surface area contributed by atoms with Gasteiger partial charge >= 0.3 is 0 Å². The smallest absolute Gasteiger partial charge is 0.274 e. The molecule has 6 heteroatoms. The first-order valence-corrected chi connectivity index (χ1v) is 9.74. The van der Waals surface area contributed by atoms with Crippen LogP contribution in [0.15, 0.2) is 59.4 Å². The maximum atomic E-state index is 13.0. The number of para-hydroxylation sites is 2. The van der Waals surface area contributed by atoms with E-state index in [1.54, 1.807) is 16.5 Å². The number of thiazole rings is 1. The third-order valence-electron chi connectivity index (χ3n) is 4.99. The van der Waals surface area contributed by atoms with Crippen LogP contribution in [0.2, 0.25) is 0 Å². The van der Waals surface area contributed by atoms with Gasteiger partial charge in [0.05, 0.1) is 15.6 Å². The van der Waals surface area contributed by atoms with Crippen molar-refractivity contribution in [3.8, 4) is 11.4 Å². The normalized spacial score (nSPS) is 12.4. The SMILES string of the molecule is Cc1cc(/C=c2/sc3nc4ccccc4n3c2=O)c(C)n1-c1cccc(O)c1. The van der Waals surface area contributed by atoms with Gasteiger partial charge in [0.2, 0.25) is 0 Å². The second-order valence-corrected chi connectivity index (χ2v) is 7.83. The number of benzene rings is 2. The first-order chi connectivity index (χ1) is 13.5. The molecule has 0 saturated carbocycles. The van der Waals surface area contributed by atoms with Gasteiger partial charge in [-0.15, -0.1) is 0 Å². The molecule has 0 atom stereocenters. The van der Waals surface area contributed by atoms with Crippen LogP contribution < -0.4 is 10.1 Å². The average Bonchev–Trinajstić information content (AvgIpc) is 3.27. The summed E-state index contributed by atoms with van der Waals surface area (Å²) in [6.45, 7) is 4.03. The standard InChI is InChI=1S/C22H17N3O2S/c1-13-10-15(14(2)24(13)16-6-5-7-17(26)12-16)11-20-21(27)25-19-9-4-3-8-18(19)23-22(25)28-20/h3-12,26H,1-2H3/b20-11+. The van der Waals surface area contributed by atoms with Gasteiger partial charge in [-0.05, 0) is 55.8 Å². The van der Waals surface area contributed by atoms with E-state index in [2.05, 4.69) is 15.6 Å². The molecule has 0 amide bonds. The molecule has 0 spiro atoms. The molecule has 0 aliphatic heterocycles. The van der Waals surface area contributed by atoms with Crippen molar-refractivity contribution in [3.63, 3.8) is 0 Å². The summed E-state index contributed by atoms with van der Waals surface area (Å²) in [5.74, 6) is 0.226. The quantitative estimate of drug-likeness (QED) is 0.504. The topological polar surface area (TPSA) is 59.5 Å². The average molecular weight is 387 g/mol. The highest BCUT2D eigenvalue weighted by Crippen LogP contribution is 2.24. The molecule has 0 radical (unpaired) electrons. The Bertz CT molecular complexity index is 1470. The molecule has 0 aliphatic rings. The Labute approximate surface area is 164 Å². The number of aryl methyl sites for hydroxylation is 1.